The molecule has 4 atom stereocenters. The van der Waals surface area contributed by atoms with E-state index in [9.17, 15) is 9.59 Å². The summed E-state index contributed by atoms with van der Waals surface area (Å²) in [6.07, 6.45) is 9.31. The van der Waals surface area contributed by atoms with Crippen LogP contribution in [0.5, 0.6) is 0 Å². The molecule has 2 aliphatic heterocycles. The number of nitrogens with zero attached hydrogens (tertiary/aromatic N) is 9. The van der Waals surface area contributed by atoms with Gasteiger partial charge in [0.25, 0.3) is 5.91 Å². The van der Waals surface area contributed by atoms with E-state index in [4.69, 9.17) is 14.4 Å². The Morgan fingerprint density at radius 2 is 1.66 bits per heavy atom. The lowest BCUT2D eigenvalue weighted by Crippen LogP contribution is -2.44. The standard InChI is InChI=1S/C50H50F2N10O5/c1-26-17-34(18-27(2)42(26)51)62-44(58-15-14-57(48(58)65)40-12-11-39-36(43(40)52)24-53-61(39)33-8-9-33)35-19-29(4)59(25-37(35)55-62)45(63)41-21-32-20-30(31-13-16-66-49(5,6)23-31)7-10-38(32)60(41)50(22-28(50)3)46-54-47(64)67-56-46/h7,10-12,14-15,17-18,20-21,24,28-29,31,33H,8-9,13,16,19,22-23,25H2,1-6H3,(H,54,56,64)/t28-,29-,31-,50+/m0/s1. The Morgan fingerprint density at radius 1 is 0.910 bits per heavy atom. The third-order valence-electron chi connectivity index (χ3n) is 14.9. The molecule has 0 spiro atoms. The molecule has 4 aliphatic rings. The Morgan fingerprint density at radius 3 is 2.36 bits per heavy atom. The van der Waals surface area contributed by atoms with Gasteiger partial charge in [0.15, 0.2) is 11.6 Å². The second kappa shape index (κ2) is 14.6. The van der Waals surface area contributed by atoms with Gasteiger partial charge in [-0.25, -0.2) is 23.1 Å². The number of halogens is 2. The van der Waals surface area contributed by atoms with Gasteiger partial charge in [-0.2, -0.15) is 10.2 Å². The Bertz CT molecular complexity index is 3470. The van der Waals surface area contributed by atoms with Gasteiger partial charge in [-0.3, -0.25) is 28.1 Å². The first-order valence-corrected chi connectivity index (χ1v) is 23.1. The number of fused-ring (bicyclic) bond motifs is 3. The Labute approximate surface area is 382 Å². The number of amides is 1. The molecule has 1 N–H and O–H groups in total. The molecule has 17 heteroatoms. The number of aromatic amines is 1. The lowest BCUT2D eigenvalue weighted by molar-refractivity contribution is -0.0592. The molecule has 344 valence electrons. The van der Waals surface area contributed by atoms with E-state index in [-0.39, 0.29) is 53.5 Å². The summed E-state index contributed by atoms with van der Waals surface area (Å²) in [4.78, 5) is 47.1. The van der Waals surface area contributed by atoms with Crippen LogP contribution in [0, 0.1) is 31.4 Å². The van der Waals surface area contributed by atoms with Crippen LogP contribution in [0.25, 0.3) is 39.0 Å². The van der Waals surface area contributed by atoms with E-state index in [2.05, 4.69) is 54.2 Å². The van der Waals surface area contributed by atoms with Gasteiger partial charge in [-0.15, -0.1) is 0 Å². The maximum Gasteiger partial charge on any atom is 0.438 e. The summed E-state index contributed by atoms with van der Waals surface area (Å²) in [5, 5.41) is 15.0. The minimum Gasteiger partial charge on any atom is -0.376 e. The van der Waals surface area contributed by atoms with Gasteiger partial charge in [0.2, 0.25) is 0 Å². The number of imidazole rings is 1. The highest BCUT2D eigenvalue weighted by molar-refractivity contribution is 6.00. The lowest BCUT2D eigenvalue weighted by Gasteiger charge is -2.35. The summed E-state index contributed by atoms with van der Waals surface area (Å²) in [6, 6.07) is 15.0. The molecular weight excluding hydrogens is 859 g/mol. The molecule has 5 aromatic heterocycles. The van der Waals surface area contributed by atoms with Gasteiger partial charge in [-0.05, 0) is 144 Å². The minimum absolute atomic E-state index is 0.0130. The van der Waals surface area contributed by atoms with Crippen LogP contribution in [-0.2, 0) is 23.2 Å². The number of aryl methyl sites for hydroxylation is 2. The lowest BCUT2D eigenvalue weighted by atomic mass is 9.83. The molecular formula is C50H50F2N10O5. The molecule has 2 saturated carbocycles. The molecule has 7 heterocycles. The van der Waals surface area contributed by atoms with Crippen LogP contribution in [0.2, 0.25) is 0 Å². The topological polar surface area (TPSA) is 156 Å². The van der Waals surface area contributed by atoms with E-state index in [0.717, 1.165) is 42.1 Å². The Balaban J connectivity index is 0.970. The van der Waals surface area contributed by atoms with Crippen LogP contribution >= 0.6 is 0 Å². The van der Waals surface area contributed by atoms with Crippen molar-refractivity contribution < 1.29 is 22.8 Å². The fourth-order valence-electron chi connectivity index (χ4n) is 11.2. The van der Waals surface area contributed by atoms with Crippen molar-refractivity contribution in [3.63, 3.8) is 0 Å². The van der Waals surface area contributed by atoms with Crippen molar-refractivity contribution in [3.05, 3.63) is 139 Å². The first-order valence-electron chi connectivity index (χ1n) is 23.1. The number of hydrogen-bond acceptors (Lipinski definition) is 8. The van der Waals surface area contributed by atoms with E-state index in [1.54, 1.807) is 53.9 Å². The highest BCUT2D eigenvalue weighted by Gasteiger charge is 2.59. The number of benzene rings is 3. The molecule has 67 heavy (non-hydrogen) atoms. The fourth-order valence-corrected chi connectivity index (χ4v) is 11.2. The Kier molecular flexibility index (Phi) is 9.03. The molecule has 0 unspecified atom stereocenters. The predicted molar refractivity (Wildman–Crippen MR) is 244 cm³/mol. The number of carbonyl (C=O) groups excluding carboxylic acids is 1. The first kappa shape index (κ1) is 41.5. The van der Waals surface area contributed by atoms with Crippen LogP contribution in [0.15, 0.2) is 81.2 Å². The van der Waals surface area contributed by atoms with E-state index < -0.39 is 22.8 Å². The zero-order valence-corrected chi connectivity index (χ0v) is 38.1. The molecule has 0 radical (unpaired) electrons. The summed E-state index contributed by atoms with van der Waals surface area (Å²) in [5.74, 6) is -0.730. The van der Waals surface area contributed by atoms with Gasteiger partial charge in [0, 0.05) is 41.5 Å². The summed E-state index contributed by atoms with van der Waals surface area (Å²) in [5.41, 5.74) is 4.20. The van der Waals surface area contributed by atoms with Gasteiger partial charge in [-0.1, -0.05) is 18.1 Å². The predicted octanol–water partition coefficient (Wildman–Crippen LogP) is 8.07. The summed E-state index contributed by atoms with van der Waals surface area (Å²) in [7, 11) is 0. The molecule has 3 fully saturated rings. The van der Waals surface area contributed by atoms with Crippen LogP contribution < -0.4 is 11.4 Å². The maximum absolute atomic E-state index is 16.3. The number of hydrogen-bond donors (Lipinski definition) is 1. The van der Waals surface area contributed by atoms with Crippen LogP contribution in [0.4, 0.5) is 8.78 Å². The van der Waals surface area contributed by atoms with E-state index in [1.807, 2.05) is 22.2 Å². The summed E-state index contributed by atoms with van der Waals surface area (Å²) >= 11 is 0. The van der Waals surface area contributed by atoms with Crippen molar-refractivity contribution in [1.82, 2.24) is 48.3 Å². The second-order valence-corrected chi connectivity index (χ2v) is 20.0. The zero-order valence-electron chi connectivity index (χ0n) is 38.1. The number of rotatable bonds is 8. The first-order chi connectivity index (χ1) is 32.1. The third-order valence-corrected chi connectivity index (χ3v) is 14.9. The van der Waals surface area contributed by atoms with Gasteiger partial charge in [0.1, 0.15) is 22.9 Å². The molecule has 1 saturated heterocycles. The maximum atomic E-state index is 16.3. The molecule has 3 aromatic carbocycles. The molecule has 1 amide bonds. The van der Waals surface area contributed by atoms with E-state index in [0.29, 0.717) is 70.2 Å². The van der Waals surface area contributed by atoms with Crippen molar-refractivity contribution >= 4 is 27.7 Å². The average Bonchev–Trinajstić information content (AvgIpc) is 3.84. The molecule has 8 aromatic rings. The number of H-pyrrole nitrogens is 1. The largest absolute Gasteiger partial charge is 0.438 e. The monoisotopic (exact) mass is 908 g/mol. The van der Waals surface area contributed by atoms with E-state index in [1.165, 1.54) is 27.1 Å². The Hall–Kier alpha value is -6.88. The van der Waals surface area contributed by atoms with E-state index >= 15 is 13.6 Å². The number of aromatic nitrogens is 9. The SMILES string of the molecule is Cc1cc(-n2nc3c(c2-n2ccn(-c4ccc5c(cnn5C5CC5)c4F)c2=O)C[C@H](C)N(C(=O)c2cc4cc([C@H]5CCOC(C)(C)C5)ccc4n2[C@]2(c4noc(=O)[nH]4)C[C@@H]2C)C3)cc(C)c1F. The smallest absolute Gasteiger partial charge is 0.376 e. The van der Waals surface area contributed by atoms with Gasteiger partial charge >= 0.3 is 11.4 Å². The highest BCUT2D eigenvalue weighted by Crippen LogP contribution is 2.56. The number of ether oxygens (including phenoxy) is 1. The highest BCUT2D eigenvalue weighted by atomic mass is 19.1. The molecule has 2 aliphatic carbocycles. The third kappa shape index (κ3) is 6.36. The molecule has 0 bridgehead atoms. The van der Waals surface area contributed by atoms with Crippen molar-refractivity contribution in [2.75, 3.05) is 6.61 Å². The number of carbonyl (C=O) groups is 1. The number of nitrogens with one attached hydrogen (secondary N) is 1. The van der Waals surface area contributed by atoms with Crippen molar-refractivity contribution in [2.45, 2.75) is 116 Å². The average molecular weight is 909 g/mol. The second-order valence-electron chi connectivity index (χ2n) is 20.0. The normalized spacial score (nSPS) is 22.5. The van der Waals surface area contributed by atoms with Gasteiger partial charge in [0.05, 0.1) is 52.4 Å². The molecule has 15 nitrogen and oxygen atoms in total. The minimum atomic E-state index is -0.839. The van der Waals surface area contributed by atoms with Crippen molar-refractivity contribution in [3.8, 4) is 17.2 Å². The fraction of sp³-hybridized carbons (Fsp3) is 0.400. The van der Waals surface area contributed by atoms with Crippen LogP contribution in [0.3, 0.4) is 0 Å². The van der Waals surface area contributed by atoms with Crippen LogP contribution in [0.1, 0.15) is 116 Å². The zero-order chi connectivity index (χ0) is 46.4. The van der Waals surface area contributed by atoms with Crippen molar-refractivity contribution in [2.24, 2.45) is 5.92 Å². The van der Waals surface area contributed by atoms with Crippen molar-refractivity contribution in [1.29, 1.82) is 0 Å². The molecule has 12 rings (SSSR count). The van der Waals surface area contributed by atoms with Gasteiger partial charge < -0.3 is 14.2 Å². The summed E-state index contributed by atoms with van der Waals surface area (Å²) < 4.78 is 50.8. The van der Waals surface area contributed by atoms with Crippen LogP contribution in [-0.4, -0.2) is 72.5 Å². The summed E-state index contributed by atoms with van der Waals surface area (Å²) in [6.45, 7) is 12.4. The quantitative estimate of drug-likeness (QED) is 0.161.